The van der Waals surface area contributed by atoms with Crippen LogP contribution in [-0.2, 0) is 9.59 Å². The molecule has 21 heavy (non-hydrogen) atoms. The number of unbranched alkanes of at least 4 members (excludes halogenated alkanes) is 7. The highest BCUT2D eigenvalue weighted by Gasteiger charge is 1.98. The molecule has 0 atom stereocenters. The number of carboxylic acid groups (broad SMARTS) is 1. The van der Waals surface area contributed by atoms with Gasteiger partial charge in [-0.3, -0.25) is 4.79 Å². The van der Waals surface area contributed by atoms with Crippen LogP contribution in [0.3, 0.4) is 0 Å². The second kappa shape index (κ2) is 15.0. The van der Waals surface area contributed by atoms with Crippen LogP contribution in [0.5, 0.6) is 0 Å². The molecule has 120 valence electrons. The molecule has 0 spiro atoms. The van der Waals surface area contributed by atoms with E-state index in [0.29, 0.717) is 18.6 Å². The Labute approximate surface area is 129 Å². The maximum Gasteiger partial charge on any atom is 0.327 e. The van der Waals surface area contributed by atoms with Crippen LogP contribution in [-0.4, -0.2) is 16.9 Å². The number of aliphatic carboxylic acids is 1. The van der Waals surface area contributed by atoms with E-state index in [1.165, 1.54) is 25.3 Å². The number of hydrogen-bond acceptors (Lipinski definition) is 2. The van der Waals surface area contributed by atoms with Crippen LogP contribution in [0.4, 0.5) is 0 Å². The number of allylic oxidation sites excluding steroid dienone is 3. The number of carbonyl (C=O) groups is 2. The molecule has 3 heteroatoms. The van der Waals surface area contributed by atoms with Gasteiger partial charge in [0.25, 0.3) is 0 Å². The van der Waals surface area contributed by atoms with E-state index < -0.39 is 5.97 Å². The monoisotopic (exact) mass is 294 g/mol. The predicted molar refractivity (Wildman–Crippen MR) is 87.4 cm³/mol. The molecular formula is C18H30O3. The molecule has 0 amide bonds. The molecule has 0 radical (unpaired) electrons. The molecule has 0 aromatic heterocycles. The van der Waals surface area contributed by atoms with Gasteiger partial charge in [-0.1, -0.05) is 50.8 Å². The van der Waals surface area contributed by atoms with E-state index in [4.69, 9.17) is 5.11 Å². The number of hydrogen-bond donors (Lipinski definition) is 1. The molecule has 0 aliphatic heterocycles. The van der Waals surface area contributed by atoms with E-state index in [9.17, 15) is 9.59 Å². The molecular weight excluding hydrogens is 264 g/mol. The maximum absolute atomic E-state index is 11.6. The van der Waals surface area contributed by atoms with E-state index in [2.05, 4.69) is 13.0 Å². The third kappa shape index (κ3) is 16.6. The van der Waals surface area contributed by atoms with Gasteiger partial charge in [0.15, 0.2) is 0 Å². The van der Waals surface area contributed by atoms with Gasteiger partial charge in [-0.15, -0.1) is 0 Å². The third-order valence-electron chi connectivity index (χ3n) is 3.32. The van der Waals surface area contributed by atoms with Gasteiger partial charge in [-0.05, 0) is 32.1 Å². The van der Waals surface area contributed by atoms with Crippen molar-refractivity contribution in [1.82, 2.24) is 0 Å². The first kappa shape index (κ1) is 19.6. The Morgan fingerprint density at radius 1 is 0.857 bits per heavy atom. The fourth-order valence-electron chi connectivity index (χ4n) is 2.07. The average Bonchev–Trinajstić information content (AvgIpc) is 2.45. The highest BCUT2D eigenvalue weighted by molar-refractivity contribution is 5.80. The Balaban J connectivity index is 3.35. The van der Waals surface area contributed by atoms with Crippen LogP contribution < -0.4 is 0 Å². The van der Waals surface area contributed by atoms with Crippen LogP contribution in [0.2, 0.25) is 0 Å². The minimum absolute atomic E-state index is 0.326. The zero-order valence-corrected chi connectivity index (χ0v) is 13.4. The molecule has 0 aromatic rings. The Kier molecular flexibility index (Phi) is 14.0. The van der Waals surface area contributed by atoms with Gasteiger partial charge in [0, 0.05) is 18.9 Å². The summed E-state index contributed by atoms with van der Waals surface area (Å²) >= 11 is 0. The highest BCUT2D eigenvalue weighted by Crippen LogP contribution is 2.08. The zero-order chi connectivity index (χ0) is 15.8. The lowest BCUT2D eigenvalue weighted by Gasteiger charge is -1.99. The Hall–Kier alpha value is -1.38. The SMILES string of the molecule is CCCCCC=CCC(=O)CCCCCC/C=C\C(=O)O. The lowest BCUT2D eigenvalue weighted by molar-refractivity contribution is -0.131. The summed E-state index contributed by atoms with van der Waals surface area (Å²) in [5.41, 5.74) is 0. The van der Waals surface area contributed by atoms with Gasteiger partial charge < -0.3 is 5.11 Å². The van der Waals surface area contributed by atoms with Crippen molar-refractivity contribution in [3.05, 3.63) is 24.3 Å². The maximum atomic E-state index is 11.6. The van der Waals surface area contributed by atoms with Gasteiger partial charge in [-0.2, -0.15) is 0 Å². The summed E-state index contributed by atoms with van der Waals surface area (Å²) in [7, 11) is 0. The van der Waals surface area contributed by atoms with Crippen LogP contribution in [0.1, 0.15) is 77.6 Å². The fraction of sp³-hybridized carbons (Fsp3) is 0.667. The molecule has 0 unspecified atom stereocenters. The Morgan fingerprint density at radius 2 is 1.52 bits per heavy atom. The molecule has 0 saturated carbocycles. The van der Waals surface area contributed by atoms with Crippen molar-refractivity contribution in [2.45, 2.75) is 77.6 Å². The second-order valence-electron chi connectivity index (χ2n) is 5.40. The Bertz CT molecular complexity index is 329. The van der Waals surface area contributed by atoms with Gasteiger partial charge in [0.2, 0.25) is 0 Å². The van der Waals surface area contributed by atoms with Gasteiger partial charge in [0.05, 0.1) is 0 Å². The number of Topliss-reactive ketones (excluding diaryl/α,β-unsaturated/α-hetero) is 1. The van der Waals surface area contributed by atoms with Crippen LogP contribution in [0, 0.1) is 0 Å². The first-order valence-corrected chi connectivity index (χ1v) is 8.23. The lowest BCUT2D eigenvalue weighted by atomic mass is 10.1. The van der Waals surface area contributed by atoms with Gasteiger partial charge in [0.1, 0.15) is 5.78 Å². The van der Waals surface area contributed by atoms with Crippen molar-refractivity contribution in [2.24, 2.45) is 0 Å². The van der Waals surface area contributed by atoms with Crippen molar-refractivity contribution in [2.75, 3.05) is 0 Å². The van der Waals surface area contributed by atoms with E-state index in [0.717, 1.165) is 38.5 Å². The zero-order valence-electron chi connectivity index (χ0n) is 13.4. The average molecular weight is 294 g/mol. The van der Waals surface area contributed by atoms with Crippen molar-refractivity contribution < 1.29 is 14.7 Å². The molecule has 3 nitrogen and oxygen atoms in total. The molecule has 0 saturated heterocycles. The minimum atomic E-state index is -0.886. The number of carboxylic acids is 1. The summed E-state index contributed by atoms with van der Waals surface area (Å²) < 4.78 is 0. The molecule has 0 heterocycles. The van der Waals surface area contributed by atoms with Gasteiger partial charge in [-0.25, -0.2) is 4.79 Å². The molecule has 0 aliphatic carbocycles. The molecule has 0 bridgehead atoms. The molecule has 0 fully saturated rings. The van der Waals surface area contributed by atoms with Gasteiger partial charge >= 0.3 is 5.97 Å². The number of ketones is 1. The first-order valence-electron chi connectivity index (χ1n) is 8.23. The van der Waals surface area contributed by atoms with E-state index in [1.54, 1.807) is 6.08 Å². The standard InChI is InChI=1S/C18H30O3/c1-2-3-4-5-8-11-14-17(19)15-12-9-6-7-10-13-16-18(20)21/h8,11,13,16H,2-7,9-10,12,14-15H2,1H3,(H,20,21)/b11-8?,16-13-. The normalized spacial score (nSPS) is 11.5. The number of rotatable bonds is 14. The summed E-state index contributed by atoms with van der Waals surface area (Å²) in [5, 5.41) is 8.42. The van der Waals surface area contributed by atoms with Crippen molar-refractivity contribution >= 4 is 11.8 Å². The lowest BCUT2D eigenvalue weighted by Crippen LogP contribution is -1.95. The highest BCUT2D eigenvalue weighted by atomic mass is 16.4. The smallest absolute Gasteiger partial charge is 0.327 e. The first-order chi connectivity index (χ1) is 10.2. The van der Waals surface area contributed by atoms with Crippen molar-refractivity contribution in [3.63, 3.8) is 0 Å². The summed E-state index contributed by atoms with van der Waals surface area (Å²) in [6.07, 6.45) is 17.9. The molecule has 0 aliphatic rings. The molecule has 0 aromatic carbocycles. The number of carbonyl (C=O) groups excluding carboxylic acids is 1. The summed E-state index contributed by atoms with van der Waals surface area (Å²) in [4.78, 5) is 21.9. The Morgan fingerprint density at radius 3 is 2.24 bits per heavy atom. The van der Waals surface area contributed by atoms with Crippen LogP contribution >= 0.6 is 0 Å². The summed E-state index contributed by atoms with van der Waals surface area (Å²) in [6, 6.07) is 0. The van der Waals surface area contributed by atoms with E-state index in [-0.39, 0.29) is 0 Å². The van der Waals surface area contributed by atoms with E-state index >= 15 is 0 Å². The largest absolute Gasteiger partial charge is 0.478 e. The summed E-state index contributed by atoms with van der Waals surface area (Å²) in [5.74, 6) is -0.559. The second-order valence-corrected chi connectivity index (χ2v) is 5.40. The van der Waals surface area contributed by atoms with Crippen LogP contribution in [0.15, 0.2) is 24.3 Å². The van der Waals surface area contributed by atoms with E-state index in [1.807, 2.05) is 6.08 Å². The minimum Gasteiger partial charge on any atom is -0.478 e. The van der Waals surface area contributed by atoms with Crippen molar-refractivity contribution in [3.8, 4) is 0 Å². The topological polar surface area (TPSA) is 54.4 Å². The molecule has 0 rings (SSSR count). The predicted octanol–water partition coefficient (Wildman–Crippen LogP) is 5.06. The molecule has 1 N–H and O–H groups in total. The van der Waals surface area contributed by atoms with Crippen LogP contribution in [0.25, 0.3) is 0 Å². The van der Waals surface area contributed by atoms with Crippen molar-refractivity contribution in [1.29, 1.82) is 0 Å². The fourth-order valence-corrected chi connectivity index (χ4v) is 2.07. The quantitative estimate of drug-likeness (QED) is 0.277. The third-order valence-corrected chi connectivity index (χ3v) is 3.32. The summed E-state index contributed by atoms with van der Waals surface area (Å²) in [6.45, 7) is 2.19.